The number of nitrogens with two attached hydrogens (primary N) is 2. The van der Waals surface area contributed by atoms with E-state index < -0.39 is 41.8 Å². The second-order valence-corrected chi connectivity index (χ2v) is 8.04. The van der Waals surface area contributed by atoms with E-state index in [1.54, 1.807) is 6.20 Å². The van der Waals surface area contributed by atoms with E-state index in [-0.39, 0.29) is 25.3 Å². The number of hydrogen-bond donors (Lipinski definition) is 7. The highest BCUT2D eigenvalue weighted by Gasteiger charge is 2.27. The van der Waals surface area contributed by atoms with Crippen molar-refractivity contribution in [3.05, 3.63) is 18.2 Å². The Morgan fingerprint density at radius 2 is 1.84 bits per heavy atom. The van der Waals surface area contributed by atoms with Crippen LogP contribution >= 0.6 is 0 Å². The molecule has 0 bridgehead atoms. The maximum atomic E-state index is 12.7. The number of aliphatic carboxylic acids is 1. The van der Waals surface area contributed by atoms with Crippen molar-refractivity contribution in [2.24, 2.45) is 17.4 Å². The van der Waals surface area contributed by atoms with Gasteiger partial charge in [-0.1, -0.05) is 13.8 Å². The van der Waals surface area contributed by atoms with E-state index in [1.807, 2.05) is 13.8 Å². The topological polar surface area (TPSA) is 205 Å². The Bertz CT molecular complexity index is 739. The highest BCUT2D eigenvalue weighted by Crippen LogP contribution is 2.07. The van der Waals surface area contributed by atoms with Crippen LogP contribution in [0, 0.1) is 5.92 Å². The molecule has 0 saturated heterocycles. The lowest BCUT2D eigenvalue weighted by Crippen LogP contribution is -2.54. The van der Waals surface area contributed by atoms with Crippen molar-refractivity contribution in [1.82, 2.24) is 25.9 Å². The molecule has 0 fully saturated rings. The van der Waals surface area contributed by atoms with Gasteiger partial charge in [0.2, 0.25) is 17.7 Å². The molecule has 12 heteroatoms. The number of imidazole rings is 1. The van der Waals surface area contributed by atoms with E-state index in [0.717, 1.165) is 0 Å². The Morgan fingerprint density at radius 3 is 2.41 bits per heavy atom. The summed E-state index contributed by atoms with van der Waals surface area (Å²) in [6.45, 7) is 3.82. The number of rotatable bonds is 15. The Hall–Kier alpha value is -2.99. The highest BCUT2D eigenvalue weighted by molar-refractivity contribution is 5.92. The van der Waals surface area contributed by atoms with Crippen molar-refractivity contribution in [2.45, 2.75) is 64.1 Å². The summed E-state index contributed by atoms with van der Waals surface area (Å²) in [5, 5.41) is 16.8. The summed E-state index contributed by atoms with van der Waals surface area (Å²) >= 11 is 0. The maximum Gasteiger partial charge on any atom is 0.326 e. The average Bonchev–Trinajstić information content (AvgIpc) is 3.23. The number of hydrogen-bond acceptors (Lipinski definition) is 7. The highest BCUT2D eigenvalue weighted by atomic mass is 16.4. The second kappa shape index (κ2) is 14.1. The van der Waals surface area contributed by atoms with Gasteiger partial charge in [0.25, 0.3) is 0 Å². The van der Waals surface area contributed by atoms with Crippen molar-refractivity contribution >= 4 is 23.7 Å². The lowest BCUT2D eigenvalue weighted by Gasteiger charge is -2.23. The van der Waals surface area contributed by atoms with Crippen LogP contribution in [-0.2, 0) is 25.6 Å². The van der Waals surface area contributed by atoms with Crippen LogP contribution in [0.3, 0.4) is 0 Å². The lowest BCUT2D eigenvalue weighted by molar-refractivity contribution is -0.142. The Balaban J connectivity index is 2.60. The number of nitrogens with zero attached hydrogens (tertiary/aromatic N) is 1. The van der Waals surface area contributed by atoms with Gasteiger partial charge in [-0.3, -0.25) is 14.4 Å². The van der Waals surface area contributed by atoms with Crippen molar-refractivity contribution in [3.63, 3.8) is 0 Å². The molecule has 0 spiro atoms. The summed E-state index contributed by atoms with van der Waals surface area (Å²) < 4.78 is 0. The smallest absolute Gasteiger partial charge is 0.326 e. The average molecular weight is 454 g/mol. The fourth-order valence-corrected chi connectivity index (χ4v) is 3.00. The molecule has 0 radical (unpaired) electrons. The zero-order valence-electron chi connectivity index (χ0n) is 18.6. The molecule has 0 aliphatic heterocycles. The van der Waals surface area contributed by atoms with Gasteiger partial charge in [-0.15, -0.1) is 0 Å². The molecule has 3 atom stereocenters. The number of nitrogens with one attached hydrogen (secondary N) is 4. The monoisotopic (exact) mass is 453 g/mol. The van der Waals surface area contributed by atoms with Gasteiger partial charge in [0, 0.05) is 18.3 Å². The molecular formula is C20H35N7O5. The van der Waals surface area contributed by atoms with Crippen LogP contribution in [0.4, 0.5) is 0 Å². The van der Waals surface area contributed by atoms with E-state index in [0.29, 0.717) is 31.5 Å². The third kappa shape index (κ3) is 10.4. The maximum absolute atomic E-state index is 12.7. The molecule has 180 valence electrons. The summed E-state index contributed by atoms with van der Waals surface area (Å²) in [6, 6.07) is -2.88. The zero-order chi connectivity index (χ0) is 24.1. The number of amides is 3. The molecule has 0 aromatic carbocycles. The number of H-pyrrole nitrogens is 1. The van der Waals surface area contributed by atoms with E-state index in [9.17, 15) is 24.3 Å². The van der Waals surface area contributed by atoms with Gasteiger partial charge in [-0.05, 0) is 38.1 Å². The fraction of sp³-hybridized carbons (Fsp3) is 0.650. The van der Waals surface area contributed by atoms with Gasteiger partial charge in [-0.2, -0.15) is 0 Å². The largest absolute Gasteiger partial charge is 0.480 e. The quantitative estimate of drug-likeness (QED) is 0.157. The Labute approximate surface area is 187 Å². The van der Waals surface area contributed by atoms with E-state index in [1.165, 1.54) is 6.33 Å². The molecule has 9 N–H and O–H groups in total. The SMILES string of the molecule is CC(C)CC(NC(=O)CNC(=O)C(N)Cc1cnc[nH]1)C(=O)NC(CCCCN)C(=O)O. The van der Waals surface area contributed by atoms with Crippen LogP contribution in [0.25, 0.3) is 0 Å². The molecule has 12 nitrogen and oxygen atoms in total. The summed E-state index contributed by atoms with van der Waals surface area (Å²) in [5.41, 5.74) is 11.9. The first-order chi connectivity index (χ1) is 15.1. The molecule has 0 aliphatic carbocycles. The first-order valence-electron chi connectivity index (χ1n) is 10.7. The molecular weight excluding hydrogens is 418 g/mol. The van der Waals surface area contributed by atoms with Crippen LogP contribution in [0.15, 0.2) is 12.5 Å². The summed E-state index contributed by atoms with van der Waals surface area (Å²) in [5.74, 6) is -2.78. The molecule has 0 aliphatic rings. The number of carbonyl (C=O) groups is 4. The third-order valence-electron chi connectivity index (χ3n) is 4.67. The summed E-state index contributed by atoms with van der Waals surface area (Å²) in [7, 11) is 0. The molecule has 32 heavy (non-hydrogen) atoms. The number of carboxylic acids is 1. The van der Waals surface area contributed by atoms with Gasteiger partial charge in [0.05, 0.1) is 18.9 Å². The van der Waals surface area contributed by atoms with Crippen LogP contribution in [-0.4, -0.2) is 70.0 Å². The number of unbranched alkanes of at least 4 members (excludes halogenated alkanes) is 1. The van der Waals surface area contributed by atoms with Crippen LogP contribution in [0.1, 0.15) is 45.2 Å². The number of carbonyl (C=O) groups excluding carboxylic acids is 3. The molecule has 3 amide bonds. The first kappa shape index (κ1) is 27.0. The molecule has 1 aromatic heterocycles. The zero-order valence-corrected chi connectivity index (χ0v) is 18.6. The van der Waals surface area contributed by atoms with Gasteiger partial charge in [0.15, 0.2) is 0 Å². The van der Waals surface area contributed by atoms with Crippen LogP contribution in [0.2, 0.25) is 0 Å². The predicted molar refractivity (Wildman–Crippen MR) is 117 cm³/mol. The second-order valence-electron chi connectivity index (χ2n) is 8.04. The summed E-state index contributed by atoms with van der Waals surface area (Å²) in [6.07, 6.45) is 5.00. The van der Waals surface area contributed by atoms with E-state index >= 15 is 0 Å². The molecule has 0 saturated carbocycles. The van der Waals surface area contributed by atoms with Crippen molar-refractivity contribution in [1.29, 1.82) is 0 Å². The first-order valence-corrected chi connectivity index (χ1v) is 10.7. The minimum atomic E-state index is -1.15. The Morgan fingerprint density at radius 1 is 1.12 bits per heavy atom. The van der Waals surface area contributed by atoms with Crippen LogP contribution < -0.4 is 27.4 Å². The van der Waals surface area contributed by atoms with Gasteiger partial charge >= 0.3 is 5.97 Å². The number of aromatic nitrogens is 2. The normalized spacial score (nSPS) is 13.8. The Kier molecular flexibility index (Phi) is 12.0. The standard InChI is InChI=1S/C20H35N7O5/c1-12(2)7-16(19(30)27-15(20(31)32)5-3-4-6-21)26-17(28)10-24-18(29)14(22)8-13-9-23-11-25-13/h9,11-12,14-16H,3-8,10,21-22H2,1-2H3,(H,23,25)(H,24,29)(H,26,28)(H,27,30)(H,31,32). The fourth-order valence-electron chi connectivity index (χ4n) is 3.00. The number of carboxylic acid groups (broad SMARTS) is 1. The van der Waals surface area contributed by atoms with Crippen molar-refractivity contribution in [3.8, 4) is 0 Å². The molecule has 1 aromatic rings. The predicted octanol–water partition coefficient (Wildman–Crippen LogP) is -1.37. The van der Waals surface area contributed by atoms with Crippen molar-refractivity contribution in [2.75, 3.05) is 13.1 Å². The minimum absolute atomic E-state index is 0.0592. The molecule has 1 heterocycles. The van der Waals surface area contributed by atoms with Gasteiger partial charge < -0.3 is 37.5 Å². The van der Waals surface area contributed by atoms with E-state index in [4.69, 9.17) is 11.5 Å². The van der Waals surface area contributed by atoms with Gasteiger partial charge in [0.1, 0.15) is 12.1 Å². The summed E-state index contributed by atoms with van der Waals surface area (Å²) in [4.78, 5) is 55.2. The van der Waals surface area contributed by atoms with E-state index in [2.05, 4.69) is 25.9 Å². The lowest BCUT2D eigenvalue weighted by atomic mass is 10.0. The third-order valence-corrected chi connectivity index (χ3v) is 4.67. The molecule has 3 unspecified atom stereocenters. The van der Waals surface area contributed by atoms with Crippen LogP contribution in [0.5, 0.6) is 0 Å². The molecule has 1 rings (SSSR count). The van der Waals surface area contributed by atoms with Crippen molar-refractivity contribution < 1.29 is 24.3 Å². The van der Waals surface area contributed by atoms with Gasteiger partial charge in [-0.25, -0.2) is 9.78 Å². The minimum Gasteiger partial charge on any atom is -0.480 e. The number of aromatic amines is 1.